The van der Waals surface area contributed by atoms with E-state index in [1.807, 2.05) is 33.8 Å². The third-order valence-electron chi connectivity index (χ3n) is 4.34. The predicted molar refractivity (Wildman–Crippen MR) is 109 cm³/mol. The molecule has 0 aliphatic heterocycles. The van der Waals surface area contributed by atoms with E-state index in [-0.39, 0.29) is 0 Å². The summed E-state index contributed by atoms with van der Waals surface area (Å²) < 4.78 is 5.13. The summed E-state index contributed by atoms with van der Waals surface area (Å²) in [7, 11) is 0. The van der Waals surface area contributed by atoms with E-state index in [1.165, 1.54) is 0 Å². The molecule has 7 heteroatoms. The Balaban J connectivity index is 1.68. The zero-order valence-electron chi connectivity index (χ0n) is 16.1. The van der Waals surface area contributed by atoms with Gasteiger partial charge in [0.1, 0.15) is 0 Å². The van der Waals surface area contributed by atoms with Crippen LogP contribution in [0.1, 0.15) is 32.9 Å². The number of anilines is 1. The number of hydrogen-bond donors (Lipinski definition) is 1. The molecule has 28 heavy (non-hydrogen) atoms. The molecule has 144 valence electrons. The van der Waals surface area contributed by atoms with Gasteiger partial charge >= 0.3 is 5.97 Å². The number of aromatic nitrogens is 2. The fourth-order valence-electron chi connectivity index (χ4n) is 2.82. The first-order chi connectivity index (χ1) is 13.2. The highest BCUT2D eigenvalue weighted by molar-refractivity contribution is 6.34. The van der Waals surface area contributed by atoms with E-state index in [2.05, 4.69) is 15.3 Å². The number of halogens is 1. The highest BCUT2D eigenvalue weighted by Gasteiger charge is 2.14. The lowest BCUT2D eigenvalue weighted by Crippen LogP contribution is -2.21. The number of esters is 1. The van der Waals surface area contributed by atoms with E-state index in [9.17, 15) is 9.59 Å². The van der Waals surface area contributed by atoms with Gasteiger partial charge in [0.05, 0.1) is 38.7 Å². The number of carbonyl (C=O) groups excluding carboxylic acids is 2. The van der Waals surface area contributed by atoms with Crippen LogP contribution in [-0.4, -0.2) is 28.5 Å². The van der Waals surface area contributed by atoms with Crippen molar-refractivity contribution in [1.29, 1.82) is 0 Å². The second-order valence-electron chi connectivity index (χ2n) is 6.66. The zero-order valence-corrected chi connectivity index (χ0v) is 16.8. The molecule has 1 N–H and O–H groups in total. The fraction of sp³-hybridized carbons (Fsp3) is 0.238. The summed E-state index contributed by atoms with van der Waals surface area (Å²) in [5, 5.41) is 3.13. The van der Waals surface area contributed by atoms with Crippen molar-refractivity contribution in [2.45, 2.75) is 27.7 Å². The van der Waals surface area contributed by atoms with Crippen LogP contribution in [0.2, 0.25) is 5.02 Å². The van der Waals surface area contributed by atoms with Crippen molar-refractivity contribution >= 4 is 40.2 Å². The van der Waals surface area contributed by atoms with Gasteiger partial charge in [-0.2, -0.15) is 0 Å². The van der Waals surface area contributed by atoms with Crippen molar-refractivity contribution in [2.24, 2.45) is 0 Å². The molecule has 0 saturated carbocycles. The van der Waals surface area contributed by atoms with Crippen LogP contribution in [0.5, 0.6) is 0 Å². The molecule has 0 bridgehead atoms. The average molecular weight is 398 g/mol. The molecular formula is C21H20ClN3O3. The lowest BCUT2D eigenvalue weighted by atomic mass is 10.1. The van der Waals surface area contributed by atoms with Gasteiger partial charge in [-0.1, -0.05) is 17.7 Å². The summed E-state index contributed by atoms with van der Waals surface area (Å²) in [4.78, 5) is 33.3. The maximum Gasteiger partial charge on any atom is 0.338 e. The predicted octanol–water partition coefficient (Wildman–Crippen LogP) is 4.31. The number of hydrogen-bond acceptors (Lipinski definition) is 5. The molecule has 6 nitrogen and oxygen atoms in total. The first-order valence-corrected chi connectivity index (χ1v) is 9.11. The Hall–Kier alpha value is -2.99. The van der Waals surface area contributed by atoms with E-state index >= 15 is 0 Å². The summed E-state index contributed by atoms with van der Waals surface area (Å²) in [5.74, 6) is -1.07. The number of ether oxygens (including phenoxy) is 1. The second kappa shape index (κ2) is 7.94. The summed E-state index contributed by atoms with van der Waals surface area (Å²) in [6.45, 7) is 7.09. The van der Waals surface area contributed by atoms with E-state index in [1.54, 1.807) is 24.3 Å². The van der Waals surface area contributed by atoms with Gasteiger partial charge in [0, 0.05) is 0 Å². The Bertz CT molecular complexity index is 1070. The van der Waals surface area contributed by atoms with Gasteiger partial charge < -0.3 is 10.1 Å². The van der Waals surface area contributed by atoms with Crippen LogP contribution in [0.25, 0.3) is 11.0 Å². The summed E-state index contributed by atoms with van der Waals surface area (Å²) in [5.41, 5.74) is 5.58. The molecule has 0 aliphatic rings. The quantitative estimate of drug-likeness (QED) is 0.663. The van der Waals surface area contributed by atoms with Crippen molar-refractivity contribution in [2.75, 3.05) is 11.9 Å². The van der Waals surface area contributed by atoms with Gasteiger partial charge in [-0.25, -0.2) is 14.8 Å². The number of amides is 1. The molecule has 0 fully saturated rings. The molecule has 0 aliphatic carbocycles. The number of benzene rings is 2. The van der Waals surface area contributed by atoms with Crippen LogP contribution in [0, 0.1) is 27.7 Å². The highest BCUT2D eigenvalue weighted by atomic mass is 35.5. The van der Waals surface area contributed by atoms with Crippen LogP contribution in [0.15, 0.2) is 30.3 Å². The van der Waals surface area contributed by atoms with E-state index < -0.39 is 18.5 Å². The average Bonchev–Trinajstić information content (AvgIpc) is 2.63. The molecule has 0 spiro atoms. The Morgan fingerprint density at radius 3 is 2.36 bits per heavy atom. The van der Waals surface area contributed by atoms with Crippen molar-refractivity contribution in [3.63, 3.8) is 0 Å². The van der Waals surface area contributed by atoms with Crippen LogP contribution in [-0.2, 0) is 9.53 Å². The summed E-state index contributed by atoms with van der Waals surface area (Å²) >= 11 is 6.18. The normalized spacial score (nSPS) is 10.8. The van der Waals surface area contributed by atoms with E-state index in [0.717, 1.165) is 22.5 Å². The minimum absolute atomic E-state index is 0.308. The van der Waals surface area contributed by atoms with Gasteiger partial charge in [-0.3, -0.25) is 4.79 Å². The molecule has 3 rings (SSSR count). The van der Waals surface area contributed by atoms with Gasteiger partial charge in [0.2, 0.25) is 0 Å². The van der Waals surface area contributed by atoms with Crippen LogP contribution < -0.4 is 5.32 Å². The third kappa shape index (κ3) is 4.28. The Labute approximate surface area is 167 Å². The third-order valence-corrected chi connectivity index (χ3v) is 4.64. The Kier molecular flexibility index (Phi) is 5.61. The Morgan fingerprint density at radius 1 is 1.00 bits per heavy atom. The SMILES string of the molecule is Cc1cc(C)c(NC(=O)COC(=O)c2ccc3nc(C)c(C)nc3c2)c(Cl)c1. The van der Waals surface area contributed by atoms with Crippen LogP contribution in [0.4, 0.5) is 5.69 Å². The summed E-state index contributed by atoms with van der Waals surface area (Å²) in [6.07, 6.45) is 0. The van der Waals surface area contributed by atoms with Gasteiger partial charge in [0.15, 0.2) is 6.61 Å². The van der Waals surface area contributed by atoms with Gasteiger partial charge in [-0.15, -0.1) is 0 Å². The van der Waals surface area contributed by atoms with Crippen molar-refractivity contribution < 1.29 is 14.3 Å². The topological polar surface area (TPSA) is 81.2 Å². The van der Waals surface area contributed by atoms with E-state index in [0.29, 0.717) is 27.3 Å². The molecule has 1 aromatic heterocycles. The lowest BCUT2D eigenvalue weighted by molar-refractivity contribution is -0.119. The van der Waals surface area contributed by atoms with E-state index in [4.69, 9.17) is 16.3 Å². The minimum atomic E-state index is -0.608. The summed E-state index contributed by atoms with van der Waals surface area (Å²) in [6, 6.07) is 8.59. The number of nitrogens with one attached hydrogen (secondary N) is 1. The molecule has 1 heterocycles. The molecule has 2 aromatic carbocycles. The number of carbonyl (C=O) groups is 2. The number of rotatable bonds is 4. The zero-order chi connectivity index (χ0) is 20.4. The maximum absolute atomic E-state index is 12.3. The first kappa shape index (κ1) is 19.8. The maximum atomic E-state index is 12.3. The van der Waals surface area contributed by atoms with Gasteiger partial charge in [-0.05, 0) is 63.1 Å². The molecule has 1 amide bonds. The van der Waals surface area contributed by atoms with Crippen molar-refractivity contribution in [1.82, 2.24) is 9.97 Å². The highest BCUT2D eigenvalue weighted by Crippen LogP contribution is 2.27. The second-order valence-corrected chi connectivity index (χ2v) is 7.07. The van der Waals surface area contributed by atoms with Crippen molar-refractivity contribution in [3.05, 3.63) is 63.4 Å². The molecule has 3 aromatic rings. The molecule has 0 atom stereocenters. The molecular weight excluding hydrogens is 378 g/mol. The number of nitrogens with zero attached hydrogens (tertiary/aromatic N) is 2. The van der Waals surface area contributed by atoms with Crippen molar-refractivity contribution in [3.8, 4) is 0 Å². The first-order valence-electron chi connectivity index (χ1n) is 8.73. The monoisotopic (exact) mass is 397 g/mol. The largest absolute Gasteiger partial charge is 0.452 e. The smallest absolute Gasteiger partial charge is 0.338 e. The van der Waals surface area contributed by atoms with Crippen LogP contribution >= 0.6 is 11.6 Å². The van der Waals surface area contributed by atoms with Gasteiger partial charge in [0.25, 0.3) is 5.91 Å². The molecule has 0 saturated heterocycles. The number of fused-ring (bicyclic) bond motifs is 1. The standard InChI is InChI=1S/C21H20ClN3O3/c1-11-7-12(2)20(16(22)8-11)25-19(26)10-28-21(27)15-5-6-17-18(9-15)24-14(4)13(3)23-17/h5-9H,10H2,1-4H3,(H,25,26). The number of aryl methyl sites for hydroxylation is 4. The Morgan fingerprint density at radius 2 is 1.68 bits per heavy atom. The fourth-order valence-corrected chi connectivity index (χ4v) is 3.19. The molecule has 0 radical (unpaired) electrons. The molecule has 0 unspecified atom stereocenters. The van der Waals surface area contributed by atoms with Crippen LogP contribution in [0.3, 0.4) is 0 Å². The lowest BCUT2D eigenvalue weighted by Gasteiger charge is -2.12. The minimum Gasteiger partial charge on any atom is -0.452 e.